The van der Waals surface area contributed by atoms with Gasteiger partial charge in [-0.1, -0.05) is 16.8 Å². The van der Waals surface area contributed by atoms with Crippen LogP contribution in [0.3, 0.4) is 0 Å². The van der Waals surface area contributed by atoms with E-state index in [1.807, 2.05) is 23.1 Å². The molecule has 1 aromatic carbocycles. The van der Waals surface area contributed by atoms with Gasteiger partial charge in [0, 0.05) is 53.9 Å². The number of pyridine rings is 1. The van der Waals surface area contributed by atoms with Crippen molar-refractivity contribution in [1.29, 1.82) is 0 Å². The zero-order chi connectivity index (χ0) is 24.1. The van der Waals surface area contributed by atoms with Crippen molar-refractivity contribution in [3.8, 4) is 0 Å². The van der Waals surface area contributed by atoms with E-state index in [1.165, 1.54) is 7.11 Å². The Kier molecular flexibility index (Phi) is 7.90. The van der Waals surface area contributed by atoms with Gasteiger partial charge in [-0.3, -0.25) is 9.69 Å². The normalized spacial score (nSPS) is 18.8. The molecule has 3 heterocycles. The highest BCUT2D eigenvalue weighted by molar-refractivity contribution is 6.31. The summed E-state index contributed by atoms with van der Waals surface area (Å²) in [4.78, 5) is 26.8. The molecule has 0 saturated carbocycles. The quantitative estimate of drug-likeness (QED) is 0.369. The van der Waals surface area contributed by atoms with E-state index in [4.69, 9.17) is 27.9 Å². The van der Waals surface area contributed by atoms with Crippen LogP contribution in [0.1, 0.15) is 36.8 Å². The molecule has 1 amide bonds. The largest absolute Gasteiger partial charge is 0.399 e. The minimum Gasteiger partial charge on any atom is -0.399 e. The smallest absolute Gasteiger partial charge is 0.225 e. The second-order valence-corrected chi connectivity index (χ2v) is 9.57. The number of aromatic nitrogens is 1. The Bertz CT molecular complexity index is 1030. The highest BCUT2D eigenvalue weighted by atomic mass is 35.5. The number of halogens is 1. The van der Waals surface area contributed by atoms with E-state index in [0.29, 0.717) is 29.6 Å². The molecule has 0 atom stereocenters. The Morgan fingerprint density at radius 1 is 1.09 bits per heavy atom. The number of nitrogens with zero attached hydrogens (tertiary/aromatic N) is 4. The zero-order valence-electron chi connectivity index (χ0n) is 19.6. The molecule has 1 aromatic heterocycles. The number of piperidine rings is 2. The summed E-state index contributed by atoms with van der Waals surface area (Å²) in [5.41, 5.74) is 15.4. The fourth-order valence-corrected chi connectivity index (χ4v) is 5.18. The van der Waals surface area contributed by atoms with Crippen molar-refractivity contribution in [3.05, 3.63) is 52.7 Å². The second-order valence-electron chi connectivity index (χ2n) is 9.13. The minimum atomic E-state index is 0.0889. The summed E-state index contributed by atoms with van der Waals surface area (Å²) in [7, 11) is 1.54. The lowest BCUT2D eigenvalue weighted by atomic mass is 9.86. The van der Waals surface area contributed by atoms with Crippen LogP contribution in [-0.4, -0.2) is 59.7 Å². The van der Waals surface area contributed by atoms with Gasteiger partial charge >= 0.3 is 0 Å². The second kappa shape index (κ2) is 11.1. The molecular formula is C25H33ClN6O2. The first-order valence-corrected chi connectivity index (χ1v) is 12.2. The van der Waals surface area contributed by atoms with E-state index in [1.54, 1.807) is 18.3 Å². The van der Waals surface area contributed by atoms with Gasteiger partial charge in [-0.2, -0.15) is 0 Å². The maximum atomic E-state index is 13.2. The van der Waals surface area contributed by atoms with Crippen LogP contribution in [-0.2, 0) is 16.2 Å². The number of rotatable bonds is 6. The number of carbonyl (C=O) groups is 1. The minimum absolute atomic E-state index is 0.0889. The lowest BCUT2D eigenvalue weighted by Gasteiger charge is -2.37. The van der Waals surface area contributed by atoms with Gasteiger partial charge in [-0.15, -0.1) is 0 Å². The summed E-state index contributed by atoms with van der Waals surface area (Å²) in [6, 6.07) is 9.30. The third-order valence-corrected chi connectivity index (χ3v) is 7.10. The van der Waals surface area contributed by atoms with Crippen LogP contribution in [0.25, 0.3) is 0 Å². The monoisotopic (exact) mass is 484 g/mol. The number of oxime groups is 1. The molecular weight excluding hydrogens is 452 g/mol. The van der Waals surface area contributed by atoms with Crippen molar-refractivity contribution in [1.82, 2.24) is 14.8 Å². The number of hydrogen-bond donors (Lipinski definition) is 2. The molecule has 2 aromatic rings. The number of amides is 1. The van der Waals surface area contributed by atoms with Gasteiger partial charge in [0.15, 0.2) is 0 Å². The Morgan fingerprint density at radius 2 is 1.79 bits per heavy atom. The van der Waals surface area contributed by atoms with Gasteiger partial charge in [0.05, 0.1) is 5.71 Å². The lowest BCUT2D eigenvalue weighted by Crippen LogP contribution is -2.46. The molecule has 2 aliphatic rings. The van der Waals surface area contributed by atoms with Gasteiger partial charge in [-0.25, -0.2) is 4.98 Å². The Labute approximate surface area is 205 Å². The van der Waals surface area contributed by atoms with Crippen LogP contribution in [0.2, 0.25) is 5.02 Å². The molecule has 2 fully saturated rings. The number of nitrogen functional groups attached to an aromatic ring is 2. The summed E-state index contributed by atoms with van der Waals surface area (Å²) in [6.07, 6.45) is 5.15. The van der Waals surface area contributed by atoms with Crippen molar-refractivity contribution < 1.29 is 9.63 Å². The fraction of sp³-hybridized carbons (Fsp3) is 0.480. The molecule has 0 bridgehead atoms. The van der Waals surface area contributed by atoms with Gasteiger partial charge in [-0.05, 0) is 74.7 Å². The number of likely N-dealkylation sites (tertiary alicyclic amines) is 2. The summed E-state index contributed by atoms with van der Waals surface area (Å²) in [5, 5.41) is 4.90. The fourth-order valence-electron chi connectivity index (χ4n) is 5.01. The number of benzene rings is 1. The van der Waals surface area contributed by atoms with Crippen molar-refractivity contribution in [2.24, 2.45) is 17.0 Å². The van der Waals surface area contributed by atoms with E-state index in [0.717, 1.165) is 62.2 Å². The third kappa shape index (κ3) is 5.80. The average molecular weight is 485 g/mol. The molecule has 8 nitrogen and oxygen atoms in total. The van der Waals surface area contributed by atoms with Gasteiger partial charge in [0.25, 0.3) is 0 Å². The average Bonchev–Trinajstić information content (AvgIpc) is 2.84. The van der Waals surface area contributed by atoms with Gasteiger partial charge in [0.2, 0.25) is 5.91 Å². The summed E-state index contributed by atoms with van der Waals surface area (Å²) in [5.74, 6) is 1.08. The zero-order valence-corrected chi connectivity index (χ0v) is 20.4. The van der Waals surface area contributed by atoms with E-state index in [-0.39, 0.29) is 17.7 Å². The molecule has 2 saturated heterocycles. The highest BCUT2D eigenvalue weighted by Gasteiger charge is 2.33. The van der Waals surface area contributed by atoms with Crippen molar-refractivity contribution in [2.75, 3.05) is 44.8 Å². The van der Waals surface area contributed by atoms with E-state index >= 15 is 0 Å². The first kappa shape index (κ1) is 24.3. The Balaban J connectivity index is 1.30. The van der Waals surface area contributed by atoms with E-state index in [9.17, 15) is 4.79 Å². The topological polar surface area (TPSA) is 110 Å². The lowest BCUT2D eigenvalue weighted by molar-refractivity contribution is -0.138. The van der Waals surface area contributed by atoms with E-state index in [2.05, 4.69) is 15.0 Å². The molecule has 0 unspecified atom stereocenters. The van der Waals surface area contributed by atoms with Crippen LogP contribution in [0.4, 0.5) is 11.5 Å². The summed E-state index contributed by atoms with van der Waals surface area (Å²) < 4.78 is 0. The molecule has 2 aliphatic heterocycles. The van der Waals surface area contributed by atoms with Crippen molar-refractivity contribution in [3.63, 3.8) is 0 Å². The van der Waals surface area contributed by atoms with Crippen LogP contribution in [0.5, 0.6) is 0 Å². The molecule has 4 N–H and O–H groups in total. The van der Waals surface area contributed by atoms with Crippen molar-refractivity contribution in [2.45, 2.75) is 32.2 Å². The summed E-state index contributed by atoms with van der Waals surface area (Å²) >= 11 is 6.20. The SMILES string of the molecule is CON=C(c1cc(Cl)ccc1N)C1CCN(C(=O)C2CCN(Cc3ccnc(N)c3)CC2)CC1. The molecule has 0 spiro atoms. The Hall–Kier alpha value is -2.84. The number of hydrogen-bond acceptors (Lipinski definition) is 7. The van der Waals surface area contributed by atoms with Crippen LogP contribution in [0.15, 0.2) is 41.7 Å². The predicted molar refractivity (Wildman–Crippen MR) is 135 cm³/mol. The maximum absolute atomic E-state index is 13.2. The summed E-state index contributed by atoms with van der Waals surface area (Å²) in [6.45, 7) is 4.08. The Morgan fingerprint density at radius 3 is 2.47 bits per heavy atom. The highest BCUT2D eigenvalue weighted by Crippen LogP contribution is 2.29. The van der Waals surface area contributed by atoms with Crippen LogP contribution >= 0.6 is 11.6 Å². The van der Waals surface area contributed by atoms with Crippen LogP contribution < -0.4 is 11.5 Å². The standard InChI is InChI=1S/C25H33ClN6O2/c1-34-30-24(21-15-20(26)2-3-22(21)27)18-7-12-32(13-8-18)25(33)19-5-10-31(11-6-19)16-17-4-9-29-23(28)14-17/h2-4,9,14-15,18-19H,5-8,10-13,16,27H2,1H3,(H2,28,29). The molecule has 0 aliphatic carbocycles. The number of carbonyl (C=O) groups excluding carboxylic acids is 1. The van der Waals surface area contributed by atoms with E-state index < -0.39 is 0 Å². The van der Waals surface area contributed by atoms with Gasteiger partial charge < -0.3 is 21.2 Å². The van der Waals surface area contributed by atoms with Crippen molar-refractivity contribution >= 4 is 34.7 Å². The molecule has 4 rings (SSSR count). The molecule has 182 valence electrons. The molecule has 0 radical (unpaired) electrons. The maximum Gasteiger partial charge on any atom is 0.225 e. The number of nitrogens with two attached hydrogens (primary N) is 2. The molecule has 9 heteroatoms. The number of anilines is 2. The molecule has 34 heavy (non-hydrogen) atoms. The van der Waals surface area contributed by atoms with Gasteiger partial charge in [0.1, 0.15) is 12.9 Å². The third-order valence-electron chi connectivity index (χ3n) is 6.86. The first-order chi connectivity index (χ1) is 16.4. The predicted octanol–water partition coefficient (Wildman–Crippen LogP) is 3.40. The van der Waals surface area contributed by atoms with Crippen LogP contribution in [0, 0.1) is 11.8 Å². The first-order valence-electron chi connectivity index (χ1n) is 11.8.